The van der Waals surface area contributed by atoms with Crippen molar-refractivity contribution in [3.05, 3.63) is 69.6 Å². The molecular formula is C17H19NO3. The average molecular weight is 285 g/mol. The van der Waals surface area contributed by atoms with E-state index in [4.69, 9.17) is 0 Å². The number of carboxylic acids is 1. The minimum atomic E-state index is -0.979. The summed E-state index contributed by atoms with van der Waals surface area (Å²) in [7, 11) is 0. The molecule has 1 heterocycles. The number of aromatic nitrogens is 1. The van der Waals surface area contributed by atoms with Gasteiger partial charge in [-0.05, 0) is 43.9 Å². The Bertz CT molecular complexity index is 686. The number of nitrogens with zero attached hydrogens (tertiary/aromatic N) is 1. The molecule has 1 atom stereocenters. The second-order valence-corrected chi connectivity index (χ2v) is 5.33. The van der Waals surface area contributed by atoms with E-state index < -0.39 is 12.0 Å². The molecule has 0 radical (unpaired) electrons. The molecule has 0 aliphatic heterocycles. The van der Waals surface area contributed by atoms with Gasteiger partial charge in [0.05, 0.1) is 0 Å². The molecule has 4 nitrogen and oxygen atoms in total. The Morgan fingerprint density at radius 2 is 1.81 bits per heavy atom. The van der Waals surface area contributed by atoms with Crippen molar-refractivity contribution in [3.63, 3.8) is 0 Å². The number of aliphatic carboxylic acids is 1. The average Bonchev–Trinajstić information content (AvgIpc) is 2.42. The predicted octanol–water partition coefficient (Wildman–Crippen LogP) is 2.72. The molecule has 0 bridgehead atoms. The molecule has 0 saturated heterocycles. The highest BCUT2D eigenvalue weighted by Crippen LogP contribution is 2.15. The lowest BCUT2D eigenvalue weighted by atomic mass is 10.0. The van der Waals surface area contributed by atoms with E-state index in [0.717, 1.165) is 11.1 Å². The molecule has 1 aromatic carbocycles. The molecule has 1 unspecified atom stereocenters. The van der Waals surface area contributed by atoms with Gasteiger partial charge in [0, 0.05) is 12.3 Å². The SMILES string of the molecule is Cc1ccc(CCC(C(=O)O)n2ccc(C)cc2=O)cc1. The summed E-state index contributed by atoms with van der Waals surface area (Å²) in [5.41, 5.74) is 2.81. The molecule has 0 spiro atoms. The zero-order valence-electron chi connectivity index (χ0n) is 12.2. The minimum absolute atomic E-state index is 0.272. The first-order valence-electron chi connectivity index (χ1n) is 6.94. The lowest BCUT2D eigenvalue weighted by Gasteiger charge is -2.15. The number of hydrogen-bond donors (Lipinski definition) is 1. The quantitative estimate of drug-likeness (QED) is 0.919. The summed E-state index contributed by atoms with van der Waals surface area (Å²) < 4.78 is 1.30. The van der Waals surface area contributed by atoms with Crippen LogP contribution in [-0.4, -0.2) is 15.6 Å². The third-order valence-corrected chi connectivity index (χ3v) is 3.55. The molecule has 2 rings (SSSR count). The molecule has 1 N–H and O–H groups in total. The van der Waals surface area contributed by atoms with E-state index in [1.54, 1.807) is 12.3 Å². The van der Waals surface area contributed by atoms with Gasteiger partial charge in [-0.2, -0.15) is 0 Å². The van der Waals surface area contributed by atoms with Gasteiger partial charge in [-0.3, -0.25) is 4.79 Å². The van der Waals surface area contributed by atoms with E-state index in [1.807, 2.05) is 38.1 Å². The van der Waals surface area contributed by atoms with Crippen molar-refractivity contribution < 1.29 is 9.90 Å². The van der Waals surface area contributed by atoms with Gasteiger partial charge in [0.1, 0.15) is 6.04 Å². The Morgan fingerprint density at radius 3 is 2.38 bits per heavy atom. The van der Waals surface area contributed by atoms with Crippen molar-refractivity contribution >= 4 is 5.97 Å². The van der Waals surface area contributed by atoms with Crippen LogP contribution in [0.25, 0.3) is 0 Å². The van der Waals surface area contributed by atoms with E-state index in [-0.39, 0.29) is 5.56 Å². The van der Waals surface area contributed by atoms with E-state index in [0.29, 0.717) is 12.8 Å². The number of aryl methyl sites for hydroxylation is 3. The van der Waals surface area contributed by atoms with Gasteiger partial charge >= 0.3 is 5.97 Å². The van der Waals surface area contributed by atoms with Crippen molar-refractivity contribution in [3.8, 4) is 0 Å². The van der Waals surface area contributed by atoms with Crippen LogP contribution in [0.2, 0.25) is 0 Å². The summed E-state index contributed by atoms with van der Waals surface area (Å²) in [6.07, 6.45) is 2.57. The first-order valence-corrected chi connectivity index (χ1v) is 6.94. The Hall–Kier alpha value is -2.36. The number of rotatable bonds is 5. The van der Waals surface area contributed by atoms with Crippen LogP contribution in [0.4, 0.5) is 0 Å². The predicted molar refractivity (Wildman–Crippen MR) is 81.6 cm³/mol. The summed E-state index contributed by atoms with van der Waals surface area (Å²) in [4.78, 5) is 23.4. The van der Waals surface area contributed by atoms with E-state index >= 15 is 0 Å². The number of carboxylic acid groups (broad SMARTS) is 1. The lowest BCUT2D eigenvalue weighted by Crippen LogP contribution is -2.29. The van der Waals surface area contributed by atoms with Crippen LogP contribution in [0.15, 0.2) is 47.4 Å². The molecule has 0 amide bonds. The summed E-state index contributed by atoms with van der Waals surface area (Å²) in [6, 6.07) is 10.4. The summed E-state index contributed by atoms with van der Waals surface area (Å²) in [6.45, 7) is 3.82. The van der Waals surface area contributed by atoms with Crippen LogP contribution < -0.4 is 5.56 Å². The van der Waals surface area contributed by atoms with Crippen LogP contribution in [-0.2, 0) is 11.2 Å². The second kappa shape index (κ2) is 6.39. The van der Waals surface area contributed by atoms with Crippen LogP contribution >= 0.6 is 0 Å². The first-order chi connectivity index (χ1) is 9.97. The molecule has 4 heteroatoms. The van der Waals surface area contributed by atoms with Crippen molar-refractivity contribution in [2.45, 2.75) is 32.7 Å². The van der Waals surface area contributed by atoms with Crippen LogP contribution in [0.5, 0.6) is 0 Å². The normalized spacial score (nSPS) is 12.1. The van der Waals surface area contributed by atoms with Gasteiger partial charge in [-0.1, -0.05) is 29.8 Å². The van der Waals surface area contributed by atoms with Gasteiger partial charge in [-0.15, -0.1) is 0 Å². The molecule has 21 heavy (non-hydrogen) atoms. The fraction of sp³-hybridized carbons (Fsp3) is 0.294. The lowest BCUT2D eigenvalue weighted by molar-refractivity contribution is -0.141. The second-order valence-electron chi connectivity index (χ2n) is 5.33. The molecule has 0 aliphatic carbocycles. The number of benzene rings is 1. The fourth-order valence-electron chi connectivity index (χ4n) is 2.29. The van der Waals surface area contributed by atoms with Crippen molar-refractivity contribution in [2.24, 2.45) is 0 Å². The zero-order valence-corrected chi connectivity index (χ0v) is 12.2. The number of carbonyl (C=O) groups is 1. The summed E-state index contributed by atoms with van der Waals surface area (Å²) in [5, 5.41) is 9.38. The summed E-state index contributed by atoms with van der Waals surface area (Å²) in [5.74, 6) is -0.979. The largest absolute Gasteiger partial charge is 0.480 e. The molecule has 0 fully saturated rings. The maximum atomic E-state index is 11.9. The van der Waals surface area contributed by atoms with Crippen LogP contribution in [0, 0.1) is 13.8 Å². The van der Waals surface area contributed by atoms with Gasteiger partial charge in [0.25, 0.3) is 5.56 Å². The van der Waals surface area contributed by atoms with E-state index in [1.165, 1.54) is 16.2 Å². The van der Waals surface area contributed by atoms with Crippen molar-refractivity contribution in [1.29, 1.82) is 0 Å². The number of hydrogen-bond acceptors (Lipinski definition) is 2. The van der Waals surface area contributed by atoms with Crippen molar-refractivity contribution in [1.82, 2.24) is 4.57 Å². The van der Waals surface area contributed by atoms with E-state index in [2.05, 4.69) is 0 Å². The van der Waals surface area contributed by atoms with Gasteiger partial charge in [0.2, 0.25) is 0 Å². The molecule has 110 valence electrons. The Kier molecular flexibility index (Phi) is 4.58. The standard InChI is InChI=1S/C17H19NO3/c1-12-3-5-14(6-4-12)7-8-15(17(20)21)18-10-9-13(2)11-16(18)19/h3-6,9-11,15H,7-8H2,1-2H3,(H,20,21). The van der Waals surface area contributed by atoms with E-state index in [9.17, 15) is 14.7 Å². The zero-order chi connectivity index (χ0) is 15.4. The van der Waals surface area contributed by atoms with Gasteiger partial charge in [-0.25, -0.2) is 4.79 Å². The Labute approximate surface area is 123 Å². The van der Waals surface area contributed by atoms with Crippen LogP contribution in [0.1, 0.15) is 29.2 Å². The van der Waals surface area contributed by atoms with Crippen LogP contribution in [0.3, 0.4) is 0 Å². The fourth-order valence-corrected chi connectivity index (χ4v) is 2.29. The molecule has 1 aromatic heterocycles. The number of pyridine rings is 1. The smallest absolute Gasteiger partial charge is 0.326 e. The molecule has 2 aromatic rings. The first kappa shape index (κ1) is 15.0. The third kappa shape index (κ3) is 3.81. The molecule has 0 aliphatic rings. The maximum absolute atomic E-state index is 11.9. The summed E-state index contributed by atoms with van der Waals surface area (Å²) >= 11 is 0. The topological polar surface area (TPSA) is 59.3 Å². The molecular weight excluding hydrogens is 266 g/mol. The highest BCUT2D eigenvalue weighted by molar-refractivity contribution is 5.71. The Balaban J connectivity index is 2.18. The Morgan fingerprint density at radius 1 is 1.14 bits per heavy atom. The third-order valence-electron chi connectivity index (χ3n) is 3.55. The van der Waals surface area contributed by atoms with Crippen molar-refractivity contribution in [2.75, 3.05) is 0 Å². The highest BCUT2D eigenvalue weighted by Gasteiger charge is 2.20. The monoisotopic (exact) mass is 285 g/mol. The minimum Gasteiger partial charge on any atom is -0.480 e. The van der Waals surface area contributed by atoms with Gasteiger partial charge in [0.15, 0.2) is 0 Å². The maximum Gasteiger partial charge on any atom is 0.326 e. The highest BCUT2D eigenvalue weighted by atomic mass is 16.4. The molecule has 0 saturated carbocycles. The van der Waals surface area contributed by atoms with Gasteiger partial charge < -0.3 is 9.67 Å².